The number of carbonyl (C=O) groups is 12. The number of carbonyl (C=O) groups excluding carboxylic acids is 12. The number of hydrogen-bond acceptors (Lipinski definition) is 14. The van der Waals surface area contributed by atoms with Crippen LogP contribution in [0, 0.1) is 59.2 Å². The fourth-order valence-corrected chi connectivity index (χ4v) is 19.7. The van der Waals surface area contributed by atoms with E-state index in [9.17, 15) is 19.2 Å². The number of Topliss-reactive ketones (excluding diaryl/α,β-unsaturated/α-hetero) is 3. The van der Waals surface area contributed by atoms with E-state index in [1.54, 1.807) is 54.5 Å². The molecule has 1 heterocycles. The van der Waals surface area contributed by atoms with Crippen molar-refractivity contribution in [2.24, 2.45) is 59.2 Å². The van der Waals surface area contributed by atoms with Crippen LogP contribution in [-0.2, 0) is 66.7 Å². The molecule has 8 amide bonds. The summed E-state index contributed by atoms with van der Waals surface area (Å²) < 4.78 is 13.5. The van der Waals surface area contributed by atoms with Gasteiger partial charge in [0.05, 0.1) is 12.1 Å². The number of ketones is 3. The van der Waals surface area contributed by atoms with Gasteiger partial charge in [0.2, 0.25) is 47.3 Å². The van der Waals surface area contributed by atoms with E-state index in [2.05, 4.69) is 26.1 Å². The molecule has 1 N–H and O–H groups in total. The van der Waals surface area contributed by atoms with Gasteiger partial charge in [0, 0.05) is 106 Å². The summed E-state index contributed by atoms with van der Waals surface area (Å²) in [5.41, 5.74) is 0. The molecule has 0 saturated carbocycles. The van der Waals surface area contributed by atoms with Crippen LogP contribution in [0.1, 0.15) is 197 Å². The predicted octanol–water partition coefficient (Wildman–Crippen LogP) is 9.67. The molecule has 1 aliphatic rings. The molecule has 106 heavy (non-hydrogen) atoms. The zero-order valence-corrected chi connectivity index (χ0v) is 70.6. The summed E-state index contributed by atoms with van der Waals surface area (Å²) in [5.74, 6) is -13.0. The number of likely N-dealkylation sites (N-methyl/N-ethyl adjacent to an activating group) is 7. The molecular formula is C83H134N8O14Si. The number of rotatable bonds is 20. The normalized spacial score (nSPS) is 25.3. The third kappa shape index (κ3) is 23.6. The van der Waals surface area contributed by atoms with Crippen LogP contribution in [0.25, 0.3) is 0 Å². The molecule has 0 spiro atoms. The lowest BCUT2D eigenvalue weighted by Crippen LogP contribution is -2.67. The number of hydrogen-bond donors (Lipinski definition) is 1. The lowest BCUT2D eigenvalue weighted by atomic mass is 9.83. The second-order valence-electron chi connectivity index (χ2n) is 33.3. The van der Waals surface area contributed by atoms with Gasteiger partial charge in [-0.2, -0.15) is 0 Å². The van der Waals surface area contributed by atoms with E-state index >= 15 is 38.4 Å². The Kier molecular flexibility index (Phi) is 36.1. The molecule has 23 heteroatoms. The third-order valence-corrected chi connectivity index (χ3v) is 26.5. The highest BCUT2D eigenvalue weighted by atomic mass is 28.4. The Labute approximate surface area is 636 Å². The van der Waals surface area contributed by atoms with Gasteiger partial charge in [0.1, 0.15) is 48.1 Å². The molecule has 1 saturated heterocycles. The van der Waals surface area contributed by atoms with Crippen LogP contribution in [0.2, 0.25) is 5.04 Å². The highest BCUT2D eigenvalue weighted by Crippen LogP contribution is 2.38. The Morgan fingerprint density at radius 3 is 1.41 bits per heavy atom. The van der Waals surface area contributed by atoms with Crippen LogP contribution in [0.4, 0.5) is 0 Å². The minimum atomic E-state index is -3.30. The fourth-order valence-electron chi connectivity index (χ4n) is 15.1. The number of nitrogens with one attached hydrogen (secondary N) is 1. The molecule has 0 aliphatic carbocycles. The van der Waals surface area contributed by atoms with Crippen molar-refractivity contribution in [2.45, 2.75) is 256 Å². The Morgan fingerprint density at radius 1 is 0.519 bits per heavy atom. The molecule has 14 atom stereocenters. The minimum Gasteiger partial charge on any atom is -0.459 e. The van der Waals surface area contributed by atoms with Crippen LogP contribution < -0.4 is 15.7 Å². The van der Waals surface area contributed by atoms with Crippen LogP contribution in [0.5, 0.6) is 0 Å². The minimum absolute atomic E-state index is 0.0314. The first-order valence-electron chi connectivity index (χ1n) is 38.5. The summed E-state index contributed by atoms with van der Waals surface area (Å²) in [5, 5.41) is 4.34. The van der Waals surface area contributed by atoms with Crippen molar-refractivity contribution < 1.29 is 66.7 Å². The number of allylic oxidation sites excluding steroid dienone is 2. The first-order valence-corrected chi connectivity index (χ1v) is 40.4. The van der Waals surface area contributed by atoms with E-state index in [0.29, 0.717) is 0 Å². The average Bonchev–Trinajstić information content (AvgIpc) is 0.746. The van der Waals surface area contributed by atoms with Crippen LogP contribution in [0.3, 0.4) is 0 Å². The maximum atomic E-state index is 15.9. The quantitative estimate of drug-likeness (QED) is 0.0735. The van der Waals surface area contributed by atoms with Crippen molar-refractivity contribution in [3.8, 4) is 0 Å². The largest absolute Gasteiger partial charge is 0.459 e. The van der Waals surface area contributed by atoms with Gasteiger partial charge < -0.3 is 48.8 Å². The number of benzene rings is 2. The summed E-state index contributed by atoms with van der Waals surface area (Å²) in [6.07, 6.45) is 2.15. The van der Waals surface area contributed by atoms with E-state index in [1.165, 1.54) is 92.6 Å². The van der Waals surface area contributed by atoms with Crippen molar-refractivity contribution in [2.75, 3.05) is 55.9 Å². The van der Waals surface area contributed by atoms with Crippen LogP contribution in [0.15, 0.2) is 72.8 Å². The van der Waals surface area contributed by atoms with E-state index < -0.39 is 168 Å². The lowest BCUT2D eigenvalue weighted by molar-refractivity contribution is -0.164. The topological polar surface area (TPSA) is 258 Å². The summed E-state index contributed by atoms with van der Waals surface area (Å²) >= 11 is 0. The third-order valence-electron chi connectivity index (χ3n) is 21.5. The summed E-state index contributed by atoms with van der Waals surface area (Å²) in [4.78, 5) is 190. The second-order valence-corrected chi connectivity index (χ2v) is 37.6. The van der Waals surface area contributed by atoms with Crippen molar-refractivity contribution in [3.63, 3.8) is 0 Å². The van der Waals surface area contributed by atoms with E-state index in [0.717, 1.165) is 15.3 Å². The molecule has 1 fully saturated rings. The van der Waals surface area contributed by atoms with Crippen molar-refractivity contribution in [3.05, 3.63) is 72.8 Å². The lowest BCUT2D eigenvalue weighted by Gasteiger charge is -2.44. The number of esters is 1. The molecule has 22 nitrogen and oxygen atoms in total. The fraction of sp³-hybridized carbons (Fsp3) is 0.687. The number of nitrogens with zero attached hydrogens (tertiary/aromatic N) is 7. The predicted molar refractivity (Wildman–Crippen MR) is 419 cm³/mol. The molecule has 1 aliphatic heterocycles. The zero-order chi connectivity index (χ0) is 81.1. The summed E-state index contributed by atoms with van der Waals surface area (Å²) in [6.45, 7) is 37.8. The summed E-state index contributed by atoms with van der Waals surface area (Å²) in [6, 6.07) is 9.70. The van der Waals surface area contributed by atoms with Gasteiger partial charge in [-0.15, -0.1) is 0 Å². The highest BCUT2D eigenvalue weighted by Gasteiger charge is 2.52. The molecule has 594 valence electrons. The number of amides is 8. The second kappa shape index (κ2) is 41.2. The van der Waals surface area contributed by atoms with E-state index in [1.807, 2.05) is 129 Å². The van der Waals surface area contributed by atoms with Gasteiger partial charge in [-0.3, -0.25) is 57.5 Å². The zero-order valence-electron chi connectivity index (χ0n) is 69.6. The van der Waals surface area contributed by atoms with Crippen LogP contribution in [-0.4, -0.2) is 224 Å². The molecule has 0 bridgehead atoms. The van der Waals surface area contributed by atoms with Gasteiger partial charge in [-0.25, -0.2) is 0 Å². The molecule has 0 aromatic heterocycles. The van der Waals surface area contributed by atoms with Gasteiger partial charge in [-0.05, 0) is 96.9 Å². The molecular weight excluding hydrogens is 1360 g/mol. The van der Waals surface area contributed by atoms with Crippen molar-refractivity contribution in [1.29, 1.82) is 0 Å². The standard InChI is InChI=1S/C83H134N8O14Si/c1-29-31-38-55(13)74(105-60(18)92)73-75(96)84-64(30-2)79(100)85(22)59(17)77(98)90(27)72(58(16)49-104-106(83(19,20)21,61-39-34-32-35-40-61)62-41-36-33-37-42-62)70(95)48-63(53(9)10)78(99)86(23)65(43-50(3)4)69(94)46-56(14)68(93)47-57(15)76(97)87(24)66(44-51(5)6)80(101)88(25)67(45-52(7)8)81(102)89(26)71(54(11)12)82(103)91(73)28/h29,31-37,39-42,50-59,63-67,71-74H,30,38,43-49H2,1-28H3,(H,84,96)/b31-29+/t55-,56-,57+,58+,59-,63+,64+,65+,66+,67+,71+,72+,73+,74-/m1/s1. The van der Waals surface area contributed by atoms with Crippen molar-refractivity contribution in [1.82, 2.24) is 39.6 Å². The highest BCUT2D eigenvalue weighted by molar-refractivity contribution is 6.99. The average molecular weight is 1500 g/mol. The number of ether oxygens (including phenoxy) is 1. The molecule has 2 aromatic carbocycles. The van der Waals surface area contributed by atoms with E-state index in [4.69, 9.17) is 9.16 Å². The Bertz CT molecular complexity index is 3300. The van der Waals surface area contributed by atoms with Crippen LogP contribution >= 0.6 is 0 Å². The van der Waals surface area contributed by atoms with Crippen molar-refractivity contribution >= 4 is 89.3 Å². The van der Waals surface area contributed by atoms with E-state index in [-0.39, 0.29) is 87.3 Å². The smallest absolute Gasteiger partial charge is 0.303 e. The Hall–Kier alpha value is -7.40. The van der Waals surface area contributed by atoms with Gasteiger partial charge >= 0.3 is 5.97 Å². The maximum Gasteiger partial charge on any atom is 0.303 e. The van der Waals surface area contributed by atoms with Gasteiger partial charge in [0.25, 0.3) is 8.32 Å². The van der Waals surface area contributed by atoms with Gasteiger partial charge in [0.15, 0.2) is 11.6 Å². The first kappa shape index (κ1) is 92.8. The maximum absolute atomic E-state index is 15.9. The van der Waals surface area contributed by atoms with Gasteiger partial charge in [-0.1, -0.05) is 197 Å². The Morgan fingerprint density at radius 2 is 0.962 bits per heavy atom. The molecule has 2 aromatic rings. The Balaban J connectivity index is 2.50. The molecule has 3 rings (SSSR count). The summed E-state index contributed by atoms with van der Waals surface area (Å²) in [7, 11) is 6.95. The monoisotopic (exact) mass is 1490 g/mol. The molecule has 0 unspecified atom stereocenters. The SMILES string of the molecule is C/C=C/C[C@@H](C)[C@@H](OC(C)=O)[C@H]1C(=O)N[C@@H](CC)C(=O)N(C)[C@H](C)C(=O)N(C)[C@@H]([C@@H](C)CO[Si](c2ccccc2)(c2ccccc2)C(C)(C)C)C(=O)C[C@@H](C(C)C)C(=O)N(C)[C@@H](CC(C)C)C(=O)C[C@@H](C)C(=O)C[C@H](C)C(=O)N(C)[C@@H](CC(C)C)C(=O)N(C)[C@@H](CC(C)C)C(=O)N(C)[C@@H](C(C)C)C(=O)N1C. The molecule has 0 radical (unpaired) electrons. The first-order chi connectivity index (χ1) is 49.2.